The number of halogens is 1. The van der Waals surface area contributed by atoms with Crippen LogP contribution in [0.2, 0.25) is 5.02 Å². The van der Waals surface area contributed by atoms with E-state index in [0.717, 1.165) is 5.69 Å². The molecule has 128 valence electrons. The topological polar surface area (TPSA) is 77.9 Å². The SMILES string of the molecule is O=C(O)C1CCN(C(=O)C2CC(=O)N(c3ccc(Cl)cc3)C2)CC1. The minimum atomic E-state index is -0.799. The molecule has 2 heterocycles. The van der Waals surface area contributed by atoms with E-state index in [1.54, 1.807) is 34.1 Å². The van der Waals surface area contributed by atoms with Crippen molar-refractivity contribution in [3.05, 3.63) is 29.3 Å². The van der Waals surface area contributed by atoms with Crippen LogP contribution in [0.15, 0.2) is 24.3 Å². The number of hydrogen-bond donors (Lipinski definition) is 1. The summed E-state index contributed by atoms with van der Waals surface area (Å²) in [6.45, 7) is 1.25. The monoisotopic (exact) mass is 350 g/mol. The first-order valence-electron chi connectivity index (χ1n) is 8.03. The highest BCUT2D eigenvalue weighted by Gasteiger charge is 2.38. The van der Waals surface area contributed by atoms with Crippen LogP contribution < -0.4 is 4.90 Å². The average Bonchev–Trinajstić information content (AvgIpc) is 2.97. The fourth-order valence-corrected chi connectivity index (χ4v) is 3.47. The Morgan fingerprint density at radius 2 is 1.71 bits per heavy atom. The van der Waals surface area contributed by atoms with Crippen LogP contribution in [-0.4, -0.2) is 47.4 Å². The molecule has 0 aliphatic carbocycles. The number of benzene rings is 1. The van der Waals surface area contributed by atoms with Crippen molar-refractivity contribution in [1.82, 2.24) is 4.90 Å². The van der Waals surface area contributed by atoms with Crippen LogP contribution in [0, 0.1) is 11.8 Å². The van der Waals surface area contributed by atoms with Crippen molar-refractivity contribution in [3.8, 4) is 0 Å². The number of nitrogens with zero attached hydrogens (tertiary/aromatic N) is 2. The summed E-state index contributed by atoms with van der Waals surface area (Å²) in [7, 11) is 0. The lowest BCUT2D eigenvalue weighted by Crippen LogP contribution is -2.43. The Morgan fingerprint density at radius 1 is 1.08 bits per heavy atom. The molecule has 2 fully saturated rings. The summed E-state index contributed by atoms with van der Waals surface area (Å²) in [5, 5.41) is 9.62. The molecule has 2 amide bonds. The number of likely N-dealkylation sites (tertiary alicyclic amines) is 1. The van der Waals surface area contributed by atoms with Crippen LogP contribution in [-0.2, 0) is 14.4 Å². The molecule has 1 aromatic rings. The van der Waals surface area contributed by atoms with E-state index in [-0.39, 0.29) is 30.1 Å². The summed E-state index contributed by atoms with van der Waals surface area (Å²) in [5.74, 6) is -1.66. The Balaban J connectivity index is 1.62. The first-order chi connectivity index (χ1) is 11.5. The van der Waals surface area contributed by atoms with Gasteiger partial charge in [-0.05, 0) is 37.1 Å². The van der Waals surface area contributed by atoms with E-state index < -0.39 is 5.97 Å². The van der Waals surface area contributed by atoms with Crippen LogP contribution in [0.5, 0.6) is 0 Å². The average molecular weight is 351 g/mol. The molecule has 3 rings (SSSR count). The normalized spacial score (nSPS) is 22.0. The maximum atomic E-state index is 12.6. The zero-order chi connectivity index (χ0) is 17.3. The fourth-order valence-electron chi connectivity index (χ4n) is 3.35. The molecule has 1 aromatic carbocycles. The van der Waals surface area contributed by atoms with Gasteiger partial charge in [0.15, 0.2) is 0 Å². The van der Waals surface area contributed by atoms with Gasteiger partial charge in [-0.2, -0.15) is 0 Å². The molecule has 1 atom stereocenters. The van der Waals surface area contributed by atoms with E-state index >= 15 is 0 Å². The summed E-state index contributed by atoms with van der Waals surface area (Å²) in [5.41, 5.74) is 0.740. The van der Waals surface area contributed by atoms with Gasteiger partial charge in [0.1, 0.15) is 0 Å². The number of carboxylic acid groups (broad SMARTS) is 1. The molecule has 0 aromatic heterocycles. The molecule has 1 N–H and O–H groups in total. The minimum Gasteiger partial charge on any atom is -0.481 e. The van der Waals surface area contributed by atoms with Crippen LogP contribution in [0.3, 0.4) is 0 Å². The lowest BCUT2D eigenvalue weighted by atomic mass is 9.95. The number of rotatable bonds is 3. The standard InChI is InChI=1S/C17H19ClN2O4/c18-13-1-3-14(4-2-13)20-10-12(9-15(20)21)16(22)19-7-5-11(6-8-19)17(23)24/h1-4,11-12H,5-10H2,(H,23,24). The Morgan fingerprint density at radius 3 is 2.29 bits per heavy atom. The van der Waals surface area contributed by atoms with Crippen molar-refractivity contribution in [2.24, 2.45) is 11.8 Å². The molecule has 0 radical (unpaired) electrons. The quantitative estimate of drug-likeness (QED) is 0.904. The van der Waals surface area contributed by atoms with Gasteiger partial charge in [-0.1, -0.05) is 11.6 Å². The lowest BCUT2D eigenvalue weighted by Gasteiger charge is -2.31. The molecular weight excluding hydrogens is 332 g/mol. The third-order valence-corrected chi connectivity index (χ3v) is 5.02. The second kappa shape index (κ2) is 6.81. The van der Waals surface area contributed by atoms with E-state index in [9.17, 15) is 14.4 Å². The van der Waals surface area contributed by atoms with E-state index in [0.29, 0.717) is 37.5 Å². The largest absolute Gasteiger partial charge is 0.481 e. The van der Waals surface area contributed by atoms with Crippen LogP contribution in [0.1, 0.15) is 19.3 Å². The van der Waals surface area contributed by atoms with E-state index in [1.165, 1.54) is 0 Å². The van der Waals surface area contributed by atoms with Gasteiger partial charge in [-0.15, -0.1) is 0 Å². The fraction of sp³-hybridized carbons (Fsp3) is 0.471. The van der Waals surface area contributed by atoms with Crippen molar-refractivity contribution < 1.29 is 19.5 Å². The molecule has 0 saturated carbocycles. The molecule has 2 aliphatic heterocycles. The Kier molecular flexibility index (Phi) is 4.76. The van der Waals surface area contributed by atoms with Gasteiger partial charge in [0.2, 0.25) is 11.8 Å². The second-order valence-corrected chi connectivity index (χ2v) is 6.76. The number of amides is 2. The lowest BCUT2D eigenvalue weighted by molar-refractivity contribution is -0.146. The van der Waals surface area contributed by atoms with E-state index in [2.05, 4.69) is 0 Å². The molecule has 0 bridgehead atoms. The zero-order valence-corrected chi connectivity index (χ0v) is 13.9. The maximum Gasteiger partial charge on any atom is 0.306 e. The van der Waals surface area contributed by atoms with Crippen molar-refractivity contribution in [2.45, 2.75) is 19.3 Å². The molecule has 2 aliphatic rings. The zero-order valence-electron chi connectivity index (χ0n) is 13.2. The summed E-state index contributed by atoms with van der Waals surface area (Å²) in [6.07, 6.45) is 1.14. The van der Waals surface area contributed by atoms with Gasteiger partial charge in [-0.25, -0.2) is 0 Å². The van der Waals surface area contributed by atoms with Gasteiger partial charge in [-0.3, -0.25) is 14.4 Å². The number of carboxylic acids is 1. The first-order valence-corrected chi connectivity index (χ1v) is 8.41. The van der Waals surface area contributed by atoms with Crippen molar-refractivity contribution in [1.29, 1.82) is 0 Å². The first kappa shape index (κ1) is 16.8. The number of carbonyl (C=O) groups is 3. The molecule has 6 nitrogen and oxygen atoms in total. The molecule has 2 saturated heterocycles. The molecule has 0 spiro atoms. The third-order valence-electron chi connectivity index (χ3n) is 4.77. The molecule has 7 heteroatoms. The summed E-state index contributed by atoms with van der Waals surface area (Å²) in [4.78, 5) is 39.2. The van der Waals surface area contributed by atoms with Crippen LogP contribution >= 0.6 is 11.6 Å². The van der Waals surface area contributed by atoms with Gasteiger partial charge >= 0.3 is 5.97 Å². The van der Waals surface area contributed by atoms with Crippen LogP contribution in [0.25, 0.3) is 0 Å². The van der Waals surface area contributed by atoms with E-state index in [1.807, 2.05) is 0 Å². The predicted octanol–water partition coefficient (Wildman–Crippen LogP) is 2.02. The van der Waals surface area contributed by atoms with E-state index in [4.69, 9.17) is 16.7 Å². The molecular formula is C17H19ClN2O4. The predicted molar refractivity (Wildman–Crippen MR) is 88.9 cm³/mol. The number of piperidine rings is 1. The second-order valence-electron chi connectivity index (χ2n) is 6.32. The highest BCUT2D eigenvalue weighted by Crippen LogP contribution is 2.28. The van der Waals surface area contributed by atoms with Gasteiger partial charge < -0.3 is 14.9 Å². The smallest absolute Gasteiger partial charge is 0.306 e. The molecule has 24 heavy (non-hydrogen) atoms. The van der Waals surface area contributed by atoms with Gasteiger partial charge in [0.25, 0.3) is 0 Å². The van der Waals surface area contributed by atoms with Crippen LogP contribution in [0.4, 0.5) is 5.69 Å². The Bertz CT molecular complexity index is 653. The Hall–Kier alpha value is -2.08. The highest BCUT2D eigenvalue weighted by atomic mass is 35.5. The van der Waals surface area contributed by atoms with Crippen molar-refractivity contribution in [3.63, 3.8) is 0 Å². The number of carbonyl (C=O) groups excluding carboxylic acids is 2. The molecule has 1 unspecified atom stereocenters. The minimum absolute atomic E-state index is 0.0522. The summed E-state index contributed by atoms with van der Waals surface area (Å²) < 4.78 is 0. The number of aliphatic carboxylic acids is 1. The third kappa shape index (κ3) is 3.38. The van der Waals surface area contributed by atoms with Crippen molar-refractivity contribution in [2.75, 3.05) is 24.5 Å². The highest BCUT2D eigenvalue weighted by molar-refractivity contribution is 6.30. The summed E-state index contributed by atoms with van der Waals surface area (Å²) >= 11 is 5.86. The van der Waals surface area contributed by atoms with Crippen molar-refractivity contribution >= 4 is 35.1 Å². The summed E-state index contributed by atoms with van der Waals surface area (Å²) in [6, 6.07) is 6.98. The number of hydrogen-bond acceptors (Lipinski definition) is 3. The van der Waals surface area contributed by atoms with Gasteiger partial charge in [0.05, 0.1) is 11.8 Å². The maximum absolute atomic E-state index is 12.6. The Labute approximate surface area is 145 Å². The van der Waals surface area contributed by atoms with Gasteiger partial charge in [0, 0.05) is 36.8 Å². The number of anilines is 1.